The molecule has 0 aromatic heterocycles. The minimum atomic E-state index is -3.46. The molecule has 0 amide bonds. The second kappa shape index (κ2) is 10.2. The predicted octanol–water partition coefficient (Wildman–Crippen LogP) is 3.40. The Labute approximate surface area is 152 Å². The Bertz CT molecular complexity index is 557. The zero-order valence-corrected chi connectivity index (χ0v) is 16.9. The SMILES string of the molecule is C/C=C1/OCC(COCCCCS(=O)(=O)OCC(C)(C)C)O/C1=C/C. The van der Waals surface area contributed by atoms with Crippen molar-refractivity contribution in [3.05, 3.63) is 23.7 Å². The monoisotopic (exact) mass is 376 g/mol. The molecule has 1 unspecified atom stereocenters. The molecule has 1 atom stereocenters. The summed E-state index contributed by atoms with van der Waals surface area (Å²) < 4.78 is 45.6. The van der Waals surface area contributed by atoms with Gasteiger partial charge in [-0.2, -0.15) is 8.42 Å². The van der Waals surface area contributed by atoms with E-state index in [2.05, 4.69) is 0 Å². The van der Waals surface area contributed by atoms with Crippen molar-refractivity contribution >= 4 is 10.1 Å². The van der Waals surface area contributed by atoms with Gasteiger partial charge in [0.05, 0.1) is 19.0 Å². The van der Waals surface area contributed by atoms with E-state index in [0.29, 0.717) is 32.7 Å². The molecule has 0 saturated carbocycles. The lowest BCUT2D eigenvalue weighted by Crippen LogP contribution is -2.30. The first-order valence-electron chi connectivity index (χ1n) is 8.74. The van der Waals surface area contributed by atoms with Crippen LogP contribution in [0.25, 0.3) is 0 Å². The van der Waals surface area contributed by atoms with Crippen LogP contribution >= 0.6 is 0 Å². The van der Waals surface area contributed by atoms with Gasteiger partial charge in [0.25, 0.3) is 10.1 Å². The molecule has 0 aromatic rings. The average Bonchev–Trinajstić information content (AvgIpc) is 2.55. The van der Waals surface area contributed by atoms with Gasteiger partial charge in [-0.15, -0.1) is 0 Å². The highest BCUT2D eigenvalue weighted by molar-refractivity contribution is 7.86. The van der Waals surface area contributed by atoms with Crippen molar-refractivity contribution in [1.29, 1.82) is 0 Å². The molecule has 0 aliphatic carbocycles. The Morgan fingerprint density at radius 1 is 1.16 bits per heavy atom. The maximum atomic E-state index is 11.8. The van der Waals surface area contributed by atoms with Crippen LogP contribution in [0, 0.1) is 5.41 Å². The topological polar surface area (TPSA) is 71.1 Å². The van der Waals surface area contributed by atoms with E-state index in [1.165, 1.54) is 0 Å². The standard InChI is InChI=1S/C18H32O6S/c1-6-16-17(7-2)24-15(13-22-16)12-21-10-8-9-11-25(19,20)23-14-18(3,4)5/h6-7,15H,8-14H2,1-5H3/b16-6+,17-7+. The maximum Gasteiger partial charge on any atom is 0.267 e. The molecular weight excluding hydrogens is 344 g/mol. The molecule has 0 radical (unpaired) electrons. The van der Waals surface area contributed by atoms with Gasteiger partial charge >= 0.3 is 0 Å². The fourth-order valence-electron chi connectivity index (χ4n) is 2.07. The van der Waals surface area contributed by atoms with Crippen LogP contribution in [-0.4, -0.2) is 46.7 Å². The lowest BCUT2D eigenvalue weighted by Gasteiger charge is -2.28. The van der Waals surface area contributed by atoms with E-state index in [9.17, 15) is 8.42 Å². The van der Waals surface area contributed by atoms with Gasteiger partial charge in [0.2, 0.25) is 0 Å². The molecule has 0 spiro atoms. The van der Waals surface area contributed by atoms with E-state index in [1.54, 1.807) is 0 Å². The highest BCUT2D eigenvalue weighted by Gasteiger charge is 2.22. The normalized spacial score (nSPS) is 22.0. The summed E-state index contributed by atoms with van der Waals surface area (Å²) in [4.78, 5) is 0. The van der Waals surface area contributed by atoms with E-state index in [0.717, 1.165) is 11.5 Å². The highest BCUT2D eigenvalue weighted by atomic mass is 32.2. The summed E-state index contributed by atoms with van der Waals surface area (Å²) in [7, 11) is -3.46. The van der Waals surface area contributed by atoms with Crippen molar-refractivity contribution in [1.82, 2.24) is 0 Å². The Kier molecular flexibility index (Phi) is 8.96. The molecule has 6 nitrogen and oxygen atoms in total. The molecule has 1 heterocycles. The van der Waals surface area contributed by atoms with Crippen molar-refractivity contribution < 1.29 is 26.8 Å². The van der Waals surface area contributed by atoms with Crippen LogP contribution in [0.2, 0.25) is 0 Å². The largest absolute Gasteiger partial charge is 0.486 e. The van der Waals surface area contributed by atoms with E-state index in [1.807, 2.05) is 46.8 Å². The summed E-state index contributed by atoms with van der Waals surface area (Å²) in [5.74, 6) is 1.49. The summed E-state index contributed by atoms with van der Waals surface area (Å²) >= 11 is 0. The van der Waals surface area contributed by atoms with E-state index < -0.39 is 10.1 Å². The zero-order valence-electron chi connectivity index (χ0n) is 16.0. The van der Waals surface area contributed by atoms with Crippen molar-refractivity contribution in [2.75, 3.05) is 32.2 Å². The van der Waals surface area contributed by atoms with Crippen LogP contribution in [-0.2, 0) is 28.5 Å². The average molecular weight is 377 g/mol. The van der Waals surface area contributed by atoms with E-state index in [-0.39, 0.29) is 23.9 Å². The first-order chi connectivity index (χ1) is 11.7. The molecule has 25 heavy (non-hydrogen) atoms. The minimum absolute atomic E-state index is 0.0167. The number of rotatable bonds is 9. The molecule has 0 aromatic carbocycles. The Balaban J connectivity index is 2.16. The number of hydrogen-bond acceptors (Lipinski definition) is 6. The van der Waals surface area contributed by atoms with Crippen molar-refractivity contribution in [2.24, 2.45) is 5.41 Å². The van der Waals surface area contributed by atoms with E-state index in [4.69, 9.17) is 18.4 Å². The molecule has 146 valence electrons. The molecule has 1 fully saturated rings. The summed E-state index contributed by atoms with van der Waals surface area (Å²) in [6.07, 6.45) is 4.76. The third-order valence-electron chi connectivity index (χ3n) is 3.39. The Hall–Kier alpha value is -1.05. The van der Waals surface area contributed by atoms with Gasteiger partial charge in [-0.1, -0.05) is 20.8 Å². The zero-order chi connectivity index (χ0) is 18.9. The highest BCUT2D eigenvalue weighted by Crippen LogP contribution is 2.22. The second-order valence-corrected chi connectivity index (χ2v) is 8.98. The summed E-state index contributed by atoms with van der Waals surface area (Å²) in [5.41, 5.74) is -0.170. The van der Waals surface area contributed by atoms with Crippen molar-refractivity contribution in [3.63, 3.8) is 0 Å². The van der Waals surface area contributed by atoms with Crippen molar-refractivity contribution in [2.45, 2.75) is 53.6 Å². The second-order valence-electron chi connectivity index (χ2n) is 7.22. The molecule has 1 saturated heterocycles. The number of unbranched alkanes of at least 4 members (excludes halogenated alkanes) is 1. The third kappa shape index (κ3) is 9.28. The van der Waals surface area contributed by atoms with Crippen LogP contribution < -0.4 is 0 Å². The lowest BCUT2D eigenvalue weighted by atomic mass is 9.99. The third-order valence-corrected chi connectivity index (χ3v) is 4.66. The van der Waals surface area contributed by atoms with Gasteiger partial charge in [-0.25, -0.2) is 0 Å². The van der Waals surface area contributed by atoms with Crippen LogP contribution in [0.1, 0.15) is 47.5 Å². The Morgan fingerprint density at radius 3 is 2.44 bits per heavy atom. The summed E-state index contributed by atoms with van der Waals surface area (Å²) in [6, 6.07) is 0. The summed E-state index contributed by atoms with van der Waals surface area (Å²) in [5, 5.41) is 0. The van der Waals surface area contributed by atoms with Gasteiger partial charge < -0.3 is 14.2 Å². The number of allylic oxidation sites excluding steroid dienone is 2. The minimum Gasteiger partial charge on any atom is -0.486 e. The van der Waals surface area contributed by atoms with Gasteiger partial charge in [0, 0.05) is 6.61 Å². The van der Waals surface area contributed by atoms with Crippen LogP contribution in [0.15, 0.2) is 23.7 Å². The van der Waals surface area contributed by atoms with Gasteiger partial charge in [-0.05, 0) is 44.3 Å². The van der Waals surface area contributed by atoms with Crippen LogP contribution in [0.3, 0.4) is 0 Å². The smallest absolute Gasteiger partial charge is 0.267 e. The quantitative estimate of drug-likeness (QED) is 0.454. The van der Waals surface area contributed by atoms with Gasteiger partial charge in [-0.3, -0.25) is 4.18 Å². The number of hydrogen-bond donors (Lipinski definition) is 0. The Morgan fingerprint density at radius 2 is 1.84 bits per heavy atom. The molecule has 0 N–H and O–H groups in total. The van der Waals surface area contributed by atoms with Gasteiger partial charge in [0.15, 0.2) is 17.6 Å². The maximum absolute atomic E-state index is 11.8. The predicted molar refractivity (Wildman–Crippen MR) is 97.6 cm³/mol. The molecule has 1 aliphatic heterocycles. The number of ether oxygens (including phenoxy) is 3. The first kappa shape index (κ1) is 22.0. The molecule has 0 bridgehead atoms. The molecular formula is C18H32O6S. The van der Waals surface area contributed by atoms with Crippen LogP contribution in [0.4, 0.5) is 0 Å². The fourth-order valence-corrected chi connectivity index (χ4v) is 3.28. The lowest BCUT2D eigenvalue weighted by molar-refractivity contribution is -0.0533. The van der Waals surface area contributed by atoms with Gasteiger partial charge in [0.1, 0.15) is 6.61 Å². The molecule has 1 rings (SSSR count). The summed E-state index contributed by atoms with van der Waals surface area (Å²) in [6.45, 7) is 11.2. The fraction of sp³-hybridized carbons (Fsp3) is 0.778. The first-order valence-corrected chi connectivity index (χ1v) is 10.3. The van der Waals surface area contributed by atoms with Crippen LogP contribution in [0.5, 0.6) is 0 Å². The van der Waals surface area contributed by atoms with Crippen molar-refractivity contribution in [3.8, 4) is 0 Å². The molecule has 1 aliphatic rings. The molecule has 7 heteroatoms. The van der Waals surface area contributed by atoms with E-state index >= 15 is 0 Å².